The largest absolute Gasteiger partial charge is 0.472 e. The van der Waals surface area contributed by atoms with E-state index in [0.717, 1.165) is 95.8 Å². The van der Waals surface area contributed by atoms with Gasteiger partial charge >= 0.3 is 39.5 Å². The molecule has 0 spiro atoms. The summed E-state index contributed by atoms with van der Waals surface area (Å²) in [6.07, 6.45) is 59.5. The topological polar surface area (TPSA) is 237 Å². The summed E-state index contributed by atoms with van der Waals surface area (Å²) in [5, 5.41) is 10.6. The normalized spacial score (nSPS) is 13.9. The lowest BCUT2D eigenvalue weighted by Crippen LogP contribution is -2.30. The summed E-state index contributed by atoms with van der Waals surface area (Å²) in [6.45, 7) is 7.31. The summed E-state index contributed by atoms with van der Waals surface area (Å²) in [5.74, 6) is -1.33. The predicted octanol–water partition coefficient (Wildman–Crippen LogP) is 22.9. The Hall–Kier alpha value is -1.94. The van der Waals surface area contributed by atoms with E-state index in [2.05, 4.69) is 34.6 Å². The van der Waals surface area contributed by atoms with Crippen molar-refractivity contribution in [2.75, 3.05) is 39.6 Å². The number of unbranched alkanes of at least 4 members (excludes halogenated alkanes) is 49. The average Bonchev–Trinajstić information content (AvgIpc) is 1.79. The summed E-state index contributed by atoms with van der Waals surface area (Å²) in [7, 11) is -9.91. The predicted molar refractivity (Wildman–Crippen MR) is 391 cm³/mol. The first-order valence-corrected chi connectivity index (χ1v) is 43.1. The third kappa shape index (κ3) is 70.5. The van der Waals surface area contributed by atoms with Gasteiger partial charge < -0.3 is 33.8 Å². The van der Waals surface area contributed by atoms with Gasteiger partial charge in [-0.3, -0.25) is 37.3 Å². The maximum Gasteiger partial charge on any atom is 0.472 e. The molecule has 2 unspecified atom stereocenters. The van der Waals surface area contributed by atoms with Crippen LogP contribution in [0.25, 0.3) is 0 Å². The van der Waals surface area contributed by atoms with Crippen molar-refractivity contribution in [2.45, 2.75) is 425 Å². The second-order valence-electron chi connectivity index (χ2n) is 28.2. The maximum absolute atomic E-state index is 13.1. The van der Waals surface area contributed by atoms with Gasteiger partial charge in [-0.2, -0.15) is 0 Å². The number of esters is 4. The monoisotopic (exact) mass is 1410 g/mol. The Morgan fingerprint density at radius 3 is 0.708 bits per heavy atom. The van der Waals surface area contributed by atoms with Gasteiger partial charge in [0.15, 0.2) is 12.2 Å². The minimum atomic E-state index is -4.96. The van der Waals surface area contributed by atoms with E-state index in [1.165, 1.54) is 231 Å². The maximum atomic E-state index is 13.1. The van der Waals surface area contributed by atoms with Crippen LogP contribution in [0.4, 0.5) is 0 Å². The molecule has 5 atom stereocenters. The van der Waals surface area contributed by atoms with Crippen LogP contribution in [0.1, 0.15) is 407 Å². The molecule has 0 saturated carbocycles. The van der Waals surface area contributed by atoms with Crippen molar-refractivity contribution in [3.63, 3.8) is 0 Å². The van der Waals surface area contributed by atoms with Crippen LogP contribution in [0, 0.1) is 5.92 Å². The molecule has 0 aromatic heterocycles. The highest BCUT2D eigenvalue weighted by atomic mass is 31.2. The van der Waals surface area contributed by atoms with Crippen LogP contribution >= 0.6 is 15.6 Å². The van der Waals surface area contributed by atoms with Gasteiger partial charge in [-0.1, -0.05) is 356 Å². The van der Waals surface area contributed by atoms with Crippen LogP contribution in [0.15, 0.2) is 0 Å². The van der Waals surface area contributed by atoms with E-state index < -0.39 is 97.5 Å². The number of hydrogen-bond acceptors (Lipinski definition) is 15. The number of hydrogen-bond donors (Lipinski definition) is 3. The van der Waals surface area contributed by atoms with Crippen molar-refractivity contribution >= 4 is 39.5 Å². The summed E-state index contributed by atoms with van der Waals surface area (Å²) in [4.78, 5) is 72.8. The summed E-state index contributed by atoms with van der Waals surface area (Å²) in [5.41, 5.74) is 0. The fraction of sp³-hybridized carbons (Fsp3) is 0.948. The van der Waals surface area contributed by atoms with E-state index in [1.54, 1.807) is 0 Å². The highest BCUT2D eigenvalue weighted by Crippen LogP contribution is 2.45. The molecule has 0 heterocycles. The zero-order valence-corrected chi connectivity index (χ0v) is 64.3. The number of aliphatic hydroxyl groups is 1. The summed E-state index contributed by atoms with van der Waals surface area (Å²) >= 11 is 0. The number of carbonyl (C=O) groups is 4. The molecule has 96 heavy (non-hydrogen) atoms. The van der Waals surface area contributed by atoms with Crippen molar-refractivity contribution in [3.8, 4) is 0 Å². The summed E-state index contributed by atoms with van der Waals surface area (Å²) < 4.78 is 68.5. The highest BCUT2D eigenvalue weighted by Gasteiger charge is 2.30. The van der Waals surface area contributed by atoms with Gasteiger partial charge in [-0.25, -0.2) is 9.13 Å². The Bertz CT molecular complexity index is 1840. The van der Waals surface area contributed by atoms with E-state index in [-0.39, 0.29) is 25.7 Å². The Balaban J connectivity index is 5.22. The first-order valence-electron chi connectivity index (χ1n) is 40.1. The van der Waals surface area contributed by atoms with Crippen molar-refractivity contribution < 1.29 is 80.2 Å². The SMILES string of the molecule is CCCCCCCCCCCCCCCCCCCCCC(=O)O[C@H](COC(=O)CCCCCCCCCCCCCCC(C)C)COP(=O)(O)OC[C@@H](O)COP(=O)(O)OC[C@@H](COC(=O)CCCCCCCCCCCCC)OC(=O)CCCCCCCCCCCCC. The minimum Gasteiger partial charge on any atom is -0.462 e. The molecule has 0 fully saturated rings. The standard InChI is InChI=1S/C77H150O17P2/c1-6-9-12-15-18-21-24-25-26-27-28-29-30-31-38-43-48-53-58-63-77(82)94-73(67-88-75(80)61-56-51-46-41-37-33-32-36-39-44-49-54-59-70(4)5)69-92-96(85,86)90-65-71(78)64-89-95(83,84)91-68-72(93-76(81)62-57-52-47-42-35-23-20-17-14-11-8-3)66-87-74(79)60-55-50-45-40-34-22-19-16-13-10-7-2/h70-73,78H,6-69H2,1-5H3,(H,83,84)(H,85,86)/t71-,72+,73+/m0/s1. The smallest absolute Gasteiger partial charge is 0.462 e. The second-order valence-corrected chi connectivity index (χ2v) is 31.1. The fourth-order valence-electron chi connectivity index (χ4n) is 11.9. The van der Waals surface area contributed by atoms with Crippen molar-refractivity contribution in [3.05, 3.63) is 0 Å². The molecular formula is C77H150O17P2. The minimum absolute atomic E-state index is 0.107. The van der Waals surface area contributed by atoms with Gasteiger partial charge in [0, 0.05) is 25.7 Å². The third-order valence-corrected chi connectivity index (χ3v) is 19.9. The average molecular weight is 1410 g/mol. The van der Waals surface area contributed by atoms with Gasteiger partial charge in [0.25, 0.3) is 0 Å². The molecule has 0 aromatic carbocycles. The highest BCUT2D eigenvalue weighted by molar-refractivity contribution is 7.47. The molecule has 17 nitrogen and oxygen atoms in total. The fourth-order valence-corrected chi connectivity index (χ4v) is 13.5. The first kappa shape index (κ1) is 94.1. The lowest BCUT2D eigenvalue weighted by atomic mass is 10.0. The van der Waals surface area contributed by atoms with E-state index in [0.29, 0.717) is 25.7 Å². The molecule has 0 aliphatic carbocycles. The zero-order valence-electron chi connectivity index (χ0n) is 62.5. The van der Waals surface area contributed by atoms with Crippen LogP contribution < -0.4 is 0 Å². The molecule has 0 radical (unpaired) electrons. The molecule has 0 bridgehead atoms. The molecule has 0 amide bonds. The molecule has 0 saturated heterocycles. The molecular weight excluding hydrogens is 1260 g/mol. The van der Waals surface area contributed by atoms with Gasteiger partial charge in [0.2, 0.25) is 0 Å². The second kappa shape index (κ2) is 70.1. The summed E-state index contributed by atoms with van der Waals surface area (Å²) in [6, 6.07) is 0. The van der Waals surface area contributed by atoms with E-state index in [1.807, 2.05) is 0 Å². The number of phosphoric ester groups is 2. The van der Waals surface area contributed by atoms with Crippen LogP contribution in [0.3, 0.4) is 0 Å². The molecule has 0 aliphatic rings. The lowest BCUT2D eigenvalue weighted by molar-refractivity contribution is -0.161. The van der Waals surface area contributed by atoms with E-state index in [4.69, 9.17) is 37.0 Å². The number of ether oxygens (including phenoxy) is 4. The van der Waals surface area contributed by atoms with E-state index in [9.17, 15) is 43.2 Å². The van der Waals surface area contributed by atoms with Crippen molar-refractivity contribution in [1.82, 2.24) is 0 Å². The quantitative estimate of drug-likeness (QED) is 0.0222. The van der Waals surface area contributed by atoms with Crippen LogP contribution in [0.2, 0.25) is 0 Å². The third-order valence-electron chi connectivity index (χ3n) is 18.0. The number of rotatable bonds is 77. The molecule has 0 aromatic rings. The van der Waals surface area contributed by atoms with Gasteiger partial charge in [-0.15, -0.1) is 0 Å². The van der Waals surface area contributed by atoms with Crippen molar-refractivity contribution in [2.24, 2.45) is 5.92 Å². The van der Waals surface area contributed by atoms with Gasteiger partial charge in [0.1, 0.15) is 19.3 Å². The van der Waals surface area contributed by atoms with Crippen LogP contribution in [-0.2, 0) is 65.4 Å². The van der Waals surface area contributed by atoms with Gasteiger partial charge in [0.05, 0.1) is 26.4 Å². The molecule has 570 valence electrons. The number of phosphoric acid groups is 2. The molecule has 0 aliphatic heterocycles. The number of carbonyl (C=O) groups excluding carboxylic acids is 4. The van der Waals surface area contributed by atoms with E-state index >= 15 is 0 Å². The Kier molecular flexibility index (Phi) is 68.7. The zero-order chi connectivity index (χ0) is 70.5. The lowest BCUT2D eigenvalue weighted by Gasteiger charge is -2.21. The molecule has 3 N–H and O–H groups in total. The van der Waals surface area contributed by atoms with Crippen LogP contribution in [-0.4, -0.2) is 96.7 Å². The Labute approximate surface area is 588 Å². The Morgan fingerprint density at radius 2 is 0.479 bits per heavy atom. The number of aliphatic hydroxyl groups excluding tert-OH is 1. The van der Waals surface area contributed by atoms with Gasteiger partial charge in [-0.05, 0) is 31.6 Å². The first-order chi connectivity index (χ1) is 46.5. The van der Waals surface area contributed by atoms with Crippen molar-refractivity contribution in [1.29, 1.82) is 0 Å². The Morgan fingerprint density at radius 1 is 0.281 bits per heavy atom. The van der Waals surface area contributed by atoms with Crippen LogP contribution in [0.5, 0.6) is 0 Å². The molecule has 19 heteroatoms. The molecule has 0 rings (SSSR count).